The van der Waals surface area contributed by atoms with Gasteiger partial charge in [0.05, 0.1) is 16.7 Å². The minimum atomic E-state index is -0.435. The smallest absolute Gasteiger partial charge is 0.270 e. The van der Waals surface area contributed by atoms with Crippen molar-refractivity contribution in [2.24, 2.45) is 0 Å². The van der Waals surface area contributed by atoms with Gasteiger partial charge in [0.2, 0.25) is 5.91 Å². The maximum atomic E-state index is 12.0. The zero-order chi connectivity index (χ0) is 27.5. The Hall–Kier alpha value is -4.61. The van der Waals surface area contributed by atoms with Crippen molar-refractivity contribution in [2.75, 3.05) is 23.9 Å². The lowest BCUT2D eigenvalue weighted by molar-refractivity contribution is -0.384. The van der Waals surface area contributed by atoms with E-state index in [2.05, 4.69) is 15.6 Å². The van der Waals surface area contributed by atoms with Crippen LogP contribution in [-0.4, -0.2) is 34.6 Å². The third-order valence-electron chi connectivity index (χ3n) is 6.40. The first-order valence-electron chi connectivity index (χ1n) is 12.1. The van der Waals surface area contributed by atoms with Crippen LogP contribution < -0.4 is 15.5 Å². The highest BCUT2D eigenvalue weighted by Crippen LogP contribution is 2.43. The van der Waals surface area contributed by atoms with E-state index in [9.17, 15) is 14.9 Å². The Balaban J connectivity index is 1.54. The van der Waals surface area contributed by atoms with E-state index >= 15 is 0 Å². The second kappa shape index (κ2) is 11.0. The summed E-state index contributed by atoms with van der Waals surface area (Å²) in [5.41, 5.74) is 3.67. The number of nitrogens with one attached hydrogen (secondary N) is 2. The number of thiocarbonyl (C=S) groups is 1. The van der Waals surface area contributed by atoms with E-state index in [1.807, 2.05) is 54.3 Å². The number of carbonyl (C=O) groups excluding carboxylic acids is 1. The third-order valence-corrected chi connectivity index (χ3v) is 6.71. The molecule has 4 aromatic rings. The molecule has 0 saturated carbocycles. The highest BCUT2D eigenvalue weighted by molar-refractivity contribution is 7.80. The first kappa shape index (κ1) is 26.0. The zero-order valence-electron chi connectivity index (χ0n) is 21.2. The van der Waals surface area contributed by atoms with Crippen LogP contribution in [0, 0.1) is 17.0 Å². The van der Waals surface area contributed by atoms with E-state index in [0.29, 0.717) is 27.9 Å². The van der Waals surface area contributed by atoms with Crippen LogP contribution in [-0.2, 0) is 9.53 Å². The number of nitro benzene ring substituents is 1. The average molecular weight is 544 g/mol. The van der Waals surface area contributed by atoms with Crippen LogP contribution in [0.1, 0.15) is 29.1 Å². The molecule has 0 bridgehead atoms. The summed E-state index contributed by atoms with van der Waals surface area (Å²) in [6.45, 7) is 1.86. The van der Waals surface area contributed by atoms with E-state index in [1.165, 1.54) is 19.2 Å². The highest BCUT2D eigenvalue weighted by Gasteiger charge is 2.42. The van der Waals surface area contributed by atoms with Crippen LogP contribution in [0.15, 0.2) is 83.4 Å². The molecule has 10 nitrogen and oxygen atoms in total. The van der Waals surface area contributed by atoms with Crippen LogP contribution in [0.5, 0.6) is 0 Å². The molecular weight excluding hydrogens is 518 g/mol. The molecule has 2 aromatic carbocycles. The van der Waals surface area contributed by atoms with Crippen molar-refractivity contribution in [3.8, 4) is 11.3 Å². The molecule has 1 aliphatic heterocycles. The molecule has 39 heavy (non-hydrogen) atoms. The lowest BCUT2D eigenvalue weighted by atomic mass is 10.0. The fourth-order valence-corrected chi connectivity index (χ4v) is 4.96. The molecule has 2 atom stereocenters. The van der Waals surface area contributed by atoms with Crippen molar-refractivity contribution < 1.29 is 18.9 Å². The minimum Gasteiger partial charge on any atom is -0.459 e. The van der Waals surface area contributed by atoms with Crippen molar-refractivity contribution in [1.29, 1.82) is 0 Å². The third kappa shape index (κ3) is 5.35. The first-order chi connectivity index (χ1) is 18.9. The summed E-state index contributed by atoms with van der Waals surface area (Å²) < 4.78 is 11.2. The van der Waals surface area contributed by atoms with E-state index < -0.39 is 11.0 Å². The number of carbonyl (C=O) groups is 1. The van der Waals surface area contributed by atoms with Gasteiger partial charge in [-0.15, -0.1) is 0 Å². The number of nitrogens with zero attached hydrogens (tertiary/aromatic N) is 3. The quantitative estimate of drug-likeness (QED) is 0.173. The standard InChI is InChI=1S/C28H25N5O5S/c1-17-14-19(9-10-21(17)30-25(34)16-37-2)32-27(26(31-28(32)39)22-8-3-4-13-29-22)24-12-11-23(38-24)18-6-5-7-20(15-18)33(35)36/h3-15,26-27H,16H2,1-2H3,(H,30,34)(H,31,39)/t26-,27+/m1/s1. The number of non-ortho nitro benzene ring substituents is 1. The fourth-order valence-electron chi connectivity index (χ4n) is 4.62. The predicted molar refractivity (Wildman–Crippen MR) is 150 cm³/mol. The number of anilines is 2. The Kier molecular flexibility index (Phi) is 7.35. The minimum absolute atomic E-state index is 0.0182. The van der Waals surface area contributed by atoms with Gasteiger partial charge in [0.25, 0.3) is 5.69 Å². The lowest BCUT2D eigenvalue weighted by Gasteiger charge is -2.26. The van der Waals surface area contributed by atoms with Crippen LogP contribution in [0.25, 0.3) is 11.3 Å². The SMILES string of the molecule is COCC(=O)Nc1ccc(N2C(=S)N[C@H](c3ccccn3)[C@@H]2c2ccc(-c3cccc([N+](=O)[O-])c3)o2)cc1C. The number of pyridine rings is 1. The number of amides is 1. The Labute approximate surface area is 229 Å². The van der Waals surface area contributed by atoms with Crippen molar-refractivity contribution in [1.82, 2.24) is 10.3 Å². The number of methoxy groups -OCH3 is 1. The number of hydrogen-bond acceptors (Lipinski definition) is 7. The zero-order valence-corrected chi connectivity index (χ0v) is 22.0. The number of nitro groups is 1. The summed E-state index contributed by atoms with van der Waals surface area (Å²) in [6.07, 6.45) is 1.72. The molecule has 1 amide bonds. The van der Waals surface area contributed by atoms with Gasteiger partial charge >= 0.3 is 0 Å². The Morgan fingerprint density at radius 1 is 1.18 bits per heavy atom. The van der Waals surface area contributed by atoms with E-state index in [4.69, 9.17) is 21.4 Å². The predicted octanol–water partition coefficient (Wildman–Crippen LogP) is 5.32. The summed E-state index contributed by atoms with van der Waals surface area (Å²) in [6, 6.07) is 20.5. The number of benzene rings is 2. The summed E-state index contributed by atoms with van der Waals surface area (Å²) >= 11 is 5.79. The van der Waals surface area contributed by atoms with Gasteiger partial charge in [-0.1, -0.05) is 18.2 Å². The van der Waals surface area contributed by atoms with E-state index in [1.54, 1.807) is 24.4 Å². The molecular formula is C28H25N5O5S. The molecule has 0 unspecified atom stereocenters. The summed E-state index contributed by atoms with van der Waals surface area (Å²) in [5.74, 6) is 0.859. The summed E-state index contributed by atoms with van der Waals surface area (Å²) in [7, 11) is 1.47. The maximum Gasteiger partial charge on any atom is 0.270 e. The lowest BCUT2D eigenvalue weighted by Crippen LogP contribution is -2.29. The molecule has 11 heteroatoms. The molecule has 0 radical (unpaired) electrons. The maximum absolute atomic E-state index is 12.0. The normalized spacial score (nSPS) is 16.7. The van der Waals surface area contributed by atoms with Gasteiger partial charge in [0.1, 0.15) is 24.2 Å². The van der Waals surface area contributed by atoms with E-state index in [0.717, 1.165) is 16.9 Å². The van der Waals surface area contributed by atoms with Gasteiger partial charge in [-0.2, -0.15) is 0 Å². The van der Waals surface area contributed by atoms with Crippen LogP contribution in [0.4, 0.5) is 17.1 Å². The Morgan fingerprint density at radius 3 is 2.74 bits per heavy atom. The molecule has 3 heterocycles. The molecule has 198 valence electrons. The Morgan fingerprint density at radius 2 is 2.03 bits per heavy atom. The van der Waals surface area contributed by atoms with Crippen molar-refractivity contribution >= 4 is 40.3 Å². The van der Waals surface area contributed by atoms with Crippen molar-refractivity contribution in [2.45, 2.75) is 19.0 Å². The number of hydrogen-bond donors (Lipinski definition) is 2. The number of ether oxygens (including phenoxy) is 1. The monoisotopic (exact) mass is 543 g/mol. The van der Waals surface area contributed by atoms with Gasteiger partial charge in [-0.05, 0) is 67.2 Å². The van der Waals surface area contributed by atoms with Crippen LogP contribution >= 0.6 is 12.2 Å². The summed E-state index contributed by atoms with van der Waals surface area (Å²) in [5, 5.41) is 18.0. The second-order valence-corrected chi connectivity index (χ2v) is 9.37. The van der Waals surface area contributed by atoms with Gasteiger partial charge in [0.15, 0.2) is 5.11 Å². The topological polar surface area (TPSA) is 123 Å². The molecule has 1 saturated heterocycles. The number of aryl methyl sites for hydroxylation is 1. The molecule has 2 aromatic heterocycles. The fraction of sp³-hybridized carbons (Fsp3) is 0.179. The molecule has 2 N–H and O–H groups in total. The van der Waals surface area contributed by atoms with Gasteiger partial charge in [-0.25, -0.2) is 0 Å². The molecule has 5 rings (SSSR count). The summed E-state index contributed by atoms with van der Waals surface area (Å²) in [4.78, 5) is 29.4. The van der Waals surface area contributed by atoms with Crippen LogP contribution in [0.3, 0.4) is 0 Å². The number of rotatable bonds is 8. The molecule has 0 aliphatic carbocycles. The molecule has 0 spiro atoms. The van der Waals surface area contributed by atoms with Crippen molar-refractivity contribution in [3.63, 3.8) is 0 Å². The average Bonchev–Trinajstić information content (AvgIpc) is 3.55. The van der Waals surface area contributed by atoms with Crippen molar-refractivity contribution in [3.05, 3.63) is 106 Å². The van der Waals surface area contributed by atoms with Crippen LogP contribution in [0.2, 0.25) is 0 Å². The Bertz CT molecular complexity index is 1540. The largest absolute Gasteiger partial charge is 0.459 e. The number of aromatic nitrogens is 1. The molecule has 1 aliphatic rings. The highest BCUT2D eigenvalue weighted by atomic mass is 32.1. The molecule has 1 fully saturated rings. The second-order valence-electron chi connectivity index (χ2n) is 8.99. The van der Waals surface area contributed by atoms with Gasteiger partial charge in [0, 0.05) is 42.4 Å². The first-order valence-corrected chi connectivity index (χ1v) is 12.5. The van der Waals surface area contributed by atoms with E-state index in [-0.39, 0.29) is 24.2 Å². The van der Waals surface area contributed by atoms with Gasteiger partial charge < -0.3 is 24.7 Å². The van der Waals surface area contributed by atoms with Gasteiger partial charge in [-0.3, -0.25) is 19.9 Å². The number of furan rings is 1.